The van der Waals surface area contributed by atoms with Crippen LogP contribution in [0.4, 0.5) is 0 Å². The molecule has 2 N–H and O–H groups in total. The third-order valence-corrected chi connectivity index (χ3v) is 6.36. The summed E-state index contributed by atoms with van der Waals surface area (Å²) in [6.45, 7) is 5.45. The van der Waals surface area contributed by atoms with Crippen LogP contribution in [0.2, 0.25) is 0 Å². The topological polar surface area (TPSA) is 77.0 Å². The summed E-state index contributed by atoms with van der Waals surface area (Å²) in [6, 6.07) is 18.9. The predicted molar refractivity (Wildman–Crippen MR) is 132 cm³/mol. The fourth-order valence-corrected chi connectivity index (χ4v) is 4.39. The molecule has 1 fully saturated rings. The van der Waals surface area contributed by atoms with Crippen molar-refractivity contribution >= 4 is 40.0 Å². The van der Waals surface area contributed by atoms with E-state index in [2.05, 4.69) is 49.1 Å². The quantitative estimate of drug-likeness (QED) is 0.242. The Morgan fingerprint density at radius 1 is 0.933 bits per heavy atom. The van der Waals surface area contributed by atoms with Crippen molar-refractivity contribution in [1.29, 1.82) is 0 Å². The van der Waals surface area contributed by atoms with Crippen molar-refractivity contribution in [3.63, 3.8) is 0 Å². The normalized spacial score (nSPS) is 15.5. The van der Waals surface area contributed by atoms with Gasteiger partial charge in [-0.15, -0.1) is 24.0 Å². The van der Waals surface area contributed by atoms with Crippen LogP contribution in [0.3, 0.4) is 0 Å². The highest BCUT2D eigenvalue weighted by molar-refractivity contribution is 14.0. The van der Waals surface area contributed by atoms with Crippen LogP contribution >= 0.6 is 24.0 Å². The van der Waals surface area contributed by atoms with Crippen LogP contribution in [0.25, 0.3) is 0 Å². The first kappa shape index (κ1) is 24.6. The second-order valence-corrected chi connectivity index (χ2v) is 8.70. The number of benzene rings is 2. The summed E-state index contributed by atoms with van der Waals surface area (Å²) in [5.74, 6) is 0.809. The van der Waals surface area contributed by atoms with Gasteiger partial charge in [0.15, 0.2) is 5.96 Å². The van der Waals surface area contributed by atoms with Crippen molar-refractivity contribution in [3.05, 3.63) is 66.2 Å². The largest absolute Gasteiger partial charge is 0.355 e. The van der Waals surface area contributed by atoms with E-state index in [0.717, 1.165) is 38.7 Å². The summed E-state index contributed by atoms with van der Waals surface area (Å²) in [5, 5.41) is 3.26. The van der Waals surface area contributed by atoms with Crippen molar-refractivity contribution in [3.8, 4) is 0 Å². The lowest BCUT2D eigenvalue weighted by Gasteiger charge is -2.36. The first-order chi connectivity index (χ1) is 14.1. The highest BCUT2D eigenvalue weighted by atomic mass is 127. The molecule has 0 aliphatic carbocycles. The fourth-order valence-electron chi connectivity index (χ4n) is 3.33. The van der Waals surface area contributed by atoms with Gasteiger partial charge in [-0.1, -0.05) is 48.5 Å². The average molecular weight is 543 g/mol. The number of nitrogens with zero attached hydrogens (tertiary/aromatic N) is 3. The highest BCUT2D eigenvalue weighted by Gasteiger charge is 2.19. The van der Waals surface area contributed by atoms with E-state index in [4.69, 9.17) is 0 Å². The number of guanidine groups is 1. The molecule has 164 valence electrons. The van der Waals surface area contributed by atoms with E-state index in [1.807, 2.05) is 6.07 Å². The van der Waals surface area contributed by atoms with E-state index in [9.17, 15) is 8.42 Å². The maximum atomic E-state index is 12.2. The van der Waals surface area contributed by atoms with Crippen molar-refractivity contribution in [2.45, 2.75) is 11.4 Å². The number of halogens is 1. The summed E-state index contributed by atoms with van der Waals surface area (Å²) in [6.07, 6.45) is 0. The Kier molecular flexibility index (Phi) is 10.0. The summed E-state index contributed by atoms with van der Waals surface area (Å²) < 4.78 is 27.1. The van der Waals surface area contributed by atoms with Crippen LogP contribution in [-0.4, -0.2) is 70.5 Å². The molecule has 1 aliphatic heterocycles. The van der Waals surface area contributed by atoms with Crippen LogP contribution in [0.15, 0.2) is 70.6 Å². The number of hydrogen-bond donors (Lipinski definition) is 2. The molecule has 0 saturated carbocycles. The summed E-state index contributed by atoms with van der Waals surface area (Å²) >= 11 is 0. The fraction of sp³-hybridized carbons (Fsp3) is 0.381. The van der Waals surface area contributed by atoms with Crippen LogP contribution in [0.1, 0.15) is 5.56 Å². The lowest BCUT2D eigenvalue weighted by molar-refractivity contribution is 0.172. The maximum Gasteiger partial charge on any atom is 0.240 e. The lowest BCUT2D eigenvalue weighted by atomic mass is 10.2. The molecule has 1 aliphatic rings. The Bertz CT molecular complexity index is 886. The van der Waals surface area contributed by atoms with Gasteiger partial charge in [0, 0.05) is 52.9 Å². The molecule has 0 radical (unpaired) electrons. The van der Waals surface area contributed by atoms with Gasteiger partial charge < -0.3 is 10.2 Å². The zero-order chi connectivity index (χ0) is 20.5. The monoisotopic (exact) mass is 543 g/mol. The Morgan fingerprint density at radius 3 is 2.13 bits per heavy atom. The molecule has 0 atom stereocenters. The van der Waals surface area contributed by atoms with Crippen molar-refractivity contribution in [2.24, 2.45) is 4.99 Å². The molecular formula is C21H30IN5O2S. The molecule has 3 rings (SSSR count). The first-order valence-electron chi connectivity index (χ1n) is 9.85. The molecule has 0 amide bonds. The number of aliphatic imine (C=N–C) groups is 1. The van der Waals surface area contributed by atoms with Gasteiger partial charge in [0.2, 0.25) is 10.0 Å². The molecule has 2 aromatic carbocycles. The zero-order valence-corrected chi connectivity index (χ0v) is 20.3. The Labute approximate surface area is 196 Å². The minimum atomic E-state index is -3.48. The van der Waals surface area contributed by atoms with Crippen LogP contribution in [0, 0.1) is 0 Å². The number of hydrogen-bond acceptors (Lipinski definition) is 4. The second-order valence-electron chi connectivity index (χ2n) is 6.93. The molecule has 0 unspecified atom stereocenters. The summed E-state index contributed by atoms with van der Waals surface area (Å²) in [5.41, 5.74) is 1.33. The Balaban J connectivity index is 0.00000320. The lowest BCUT2D eigenvalue weighted by Crippen LogP contribution is -2.52. The minimum absolute atomic E-state index is 0. The molecule has 1 saturated heterocycles. The Hall–Kier alpha value is -1.69. The van der Waals surface area contributed by atoms with E-state index >= 15 is 0 Å². The zero-order valence-electron chi connectivity index (χ0n) is 17.2. The molecular weight excluding hydrogens is 513 g/mol. The van der Waals surface area contributed by atoms with Gasteiger partial charge in [-0.05, 0) is 17.7 Å². The van der Waals surface area contributed by atoms with Crippen LogP contribution in [-0.2, 0) is 16.6 Å². The van der Waals surface area contributed by atoms with E-state index in [1.165, 1.54) is 5.56 Å². The molecule has 9 heteroatoms. The average Bonchev–Trinajstić information content (AvgIpc) is 2.76. The van der Waals surface area contributed by atoms with Gasteiger partial charge in [0.1, 0.15) is 0 Å². The van der Waals surface area contributed by atoms with E-state index in [1.54, 1.807) is 37.4 Å². The molecule has 0 bridgehead atoms. The van der Waals surface area contributed by atoms with Gasteiger partial charge in [-0.3, -0.25) is 9.89 Å². The Morgan fingerprint density at radius 2 is 1.53 bits per heavy atom. The minimum Gasteiger partial charge on any atom is -0.355 e. The maximum absolute atomic E-state index is 12.2. The molecule has 30 heavy (non-hydrogen) atoms. The number of rotatable bonds is 7. The van der Waals surface area contributed by atoms with Gasteiger partial charge in [-0.2, -0.15) is 0 Å². The van der Waals surface area contributed by atoms with E-state index < -0.39 is 10.0 Å². The molecule has 1 heterocycles. The third kappa shape index (κ3) is 7.22. The predicted octanol–water partition coefficient (Wildman–Crippen LogP) is 1.98. The molecule has 7 nitrogen and oxygen atoms in total. The summed E-state index contributed by atoms with van der Waals surface area (Å²) in [7, 11) is -1.72. The van der Waals surface area contributed by atoms with Gasteiger partial charge in [0.25, 0.3) is 0 Å². The van der Waals surface area contributed by atoms with Crippen LogP contribution < -0.4 is 10.0 Å². The number of piperazine rings is 1. The highest BCUT2D eigenvalue weighted by Crippen LogP contribution is 2.09. The molecule has 0 spiro atoms. The van der Waals surface area contributed by atoms with Crippen molar-refractivity contribution in [1.82, 2.24) is 19.8 Å². The first-order valence-corrected chi connectivity index (χ1v) is 11.3. The van der Waals surface area contributed by atoms with Crippen molar-refractivity contribution < 1.29 is 8.42 Å². The number of sulfonamides is 1. The van der Waals surface area contributed by atoms with Gasteiger partial charge >= 0.3 is 0 Å². The van der Waals surface area contributed by atoms with E-state index in [0.29, 0.717) is 13.1 Å². The van der Waals surface area contributed by atoms with Gasteiger partial charge in [-0.25, -0.2) is 13.1 Å². The van der Waals surface area contributed by atoms with Crippen molar-refractivity contribution in [2.75, 3.05) is 46.3 Å². The molecule has 0 aromatic heterocycles. The smallest absolute Gasteiger partial charge is 0.240 e. The van der Waals surface area contributed by atoms with Crippen LogP contribution in [0.5, 0.6) is 0 Å². The molecule has 2 aromatic rings. The third-order valence-electron chi connectivity index (χ3n) is 4.89. The standard InChI is InChI=1S/C21H29N5O2S.HI/c1-22-21(23-12-13-24-29(27,28)20-10-6-3-7-11-20)26-16-14-25(15-17-26)18-19-8-4-2-5-9-19;/h2-11,24H,12-18H2,1H3,(H,22,23);1H. The SMILES string of the molecule is CN=C(NCCNS(=O)(=O)c1ccccc1)N1CCN(Cc2ccccc2)CC1.I. The summed E-state index contributed by atoms with van der Waals surface area (Å²) in [4.78, 5) is 9.28. The van der Waals surface area contributed by atoms with Gasteiger partial charge in [0.05, 0.1) is 4.90 Å². The second kappa shape index (κ2) is 12.2. The van der Waals surface area contributed by atoms with E-state index in [-0.39, 0.29) is 28.9 Å². The number of nitrogens with one attached hydrogen (secondary N) is 2.